The summed E-state index contributed by atoms with van der Waals surface area (Å²) in [6.45, 7) is 3.81. The number of rotatable bonds is 6. The van der Waals surface area contributed by atoms with E-state index in [4.69, 9.17) is 15.2 Å². The minimum atomic E-state index is -0.954. The lowest BCUT2D eigenvalue weighted by Crippen LogP contribution is -2.29. The van der Waals surface area contributed by atoms with Crippen molar-refractivity contribution in [1.29, 1.82) is 0 Å². The van der Waals surface area contributed by atoms with Crippen molar-refractivity contribution in [2.24, 2.45) is 5.92 Å². The van der Waals surface area contributed by atoms with Gasteiger partial charge in [-0.25, -0.2) is 4.98 Å². The van der Waals surface area contributed by atoms with Crippen LogP contribution >= 0.6 is 11.3 Å². The number of nitrogens with zero attached hydrogens (tertiary/aromatic N) is 1. The number of thiazole rings is 1. The molecule has 0 atom stereocenters. The average Bonchev–Trinajstić information content (AvgIpc) is 2.72. The van der Waals surface area contributed by atoms with Crippen LogP contribution in [0.1, 0.15) is 18.7 Å². The summed E-state index contributed by atoms with van der Waals surface area (Å²) in [6.07, 6.45) is 1.75. The molecule has 1 rings (SSSR count). The van der Waals surface area contributed by atoms with E-state index in [1.54, 1.807) is 20.0 Å². The first-order chi connectivity index (χ1) is 8.58. The molecule has 0 unspecified atom stereocenters. The van der Waals surface area contributed by atoms with Crippen molar-refractivity contribution in [2.45, 2.75) is 20.3 Å². The maximum Gasteiger partial charge on any atom is 0.320 e. The van der Waals surface area contributed by atoms with Crippen LogP contribution in [0.3, 0.4) is 0 Å². The summed E-state index contributed by atoms with van der Waals surface area (Å²) in [4.78, 5) is 28.0. The molecule has 18 heavy (non-hydrogen) atoms. The predicted molar refractivity (Wildman–Crippen MR) is 67.0 cm³/mol. The Morgan fingerprint density at radius 2 is 1.89 bits per heavy atom. The highest BCUT2D eigenvalue weighted by Gasteiger charge is 2.30. The number of aromatic nitrogens is 1. The van der Waals surface area contributed by atoms with Crippen LogP contribution in [0.2, 0.25) is 0 Å². The molecule has 6 nitrogen and oxygen atoms in total. The Bertz CT molecular complexity index is 401. The van der Waals surface area contributed by atoms with Crippen LogP contribution in [0.4, 0.5) is 5.13 Å². The molecule has 0 radical (unpaired) electrons. The van der Waals surface area contributed by atoms with E-state index in [-0.39, 0.29) is 19.6 Å². The normalized spacial score (nSPS) is 10.4. The molecule has 0 bridgehead atoms. The first kappa shape index (κ1) is 14.4. The maximum atomic E-state index is 11.7. The molecule has 0 aliphatic heterocycles. The number of esters is 2. The lowest BCUT2D eigenvalue weighted by Gasteiger charge is -2.13. The van der Waals surface area contributed by atoms with Gasteiger partial charge in [-0.1, -0.05) is 0 Å². The lowest BCUT2D eigenvalue weighted by atomic mass is 10.1. The molecule has 0 aliphatic carbocycles. The number of anilines is 1. The van der Waals surface area contributed by atoms with Crippen LogP contribution in [0, 0.1) is 5.92 Å². The van der Waals surface area contributed by atoms with Gasteiger partial charge < -0.3 is 15.2 Å². The summed E-state index contributed by atoms with van der Waals surface area (Å²) in [5, 5.41) is 0.400. The van der Waals surface area contributed by atoms with Gasteiger partial charge in [-0.05, 0) is 13.8 Å². The third-order valence-corrected chi connectivity index (χ3v) is 2.97. The van der Waals surface area contributed by atoms with Gasteiger partial charge in [0, 0.05) is 17.5 Å². The monoisotopic (exact) mass is 272 g/mol. The minimum absolute atomic E-state index is 0.201. The lowest BCUT2D eigenvalue weighted by molar-refractivity contribution is -0.161. The number of nitrogens with two attached hydrogens (primary N) is 1. The van der Waals surface area contributed by atoms with Gasteiger partial charge in [-0.15, -0.1) is 11.3 Å². The number of ether oxygens (including phenoxy) is 2. The first-order valence-corrected chi connectivity index (χ1v) is 6.43. The summed E-state index contributed by atoms with van der Waals surface area (Å²) in [6, 6.07) is 0. The van der Waals surface area contributed by atoms with E-state index in [9.17, 15) is 9.59 Å². The second kappa shape index (κ2) is 6.95. The quantitative estimate of drug-likeness (QED) is 0.614. The molecule has 0 aromatic carbocycles. The zero-order chi connectivity index (χ0) is 13.5. The van der Waals surface area contributed by atoms with E-state index in [1.165, 1.54) is 11.3 Å². The Morgan fingerprint density at radius 1 is 1.33 bits per heavy atom. The Hall–Kier alpha value is -1.63. The van der Waals surface area contributed by atoms with Gasteiger partial charge in [-0.3, -0.25) is 9.59 Å². The summed E-state index contributed by atoms with van der Waals surface area (Å²) in [5.41, 5.74) is 5.50. The predicted octanol–water partition coefficient (Wildman–Crippen LogP) is 1.01. The highest BCUT2D eigenvalue weighted by Crippen LogP contribution is 2.20. The second-order valence-corrected chi connectivity index (χ2v) is 4.57. The number of hydrogen-bond donors (Lipinski definition) is 1. The second-order valence-electron chi connectivity index (χ2n) is 3.43. The van der Waals surface area contributed by atoms with E-state index in [2.05, 4.69) is 4.98 Å². The summed E-state index contributed by atoms with van der Waals surface area (Å²) < 4.78 is 9.73. The van der Waals surface area contributed by atoms with Crippen LogP contribution in [0.15, 0.2) is 6.20 Å². The van der Waals surface area contributed by atoms with E-state index >= 15 is 0 Å². The van der Waals surface area contributed by atoms with Crippen LogP contribution in [0.25, 0.3) is 0 Å². The average molecular weight is 272 g/mol. The zero-order valence-corrected chi connectivity index (χ0v) is 11.2. The maximum absolute atomic E-state index is 11.7. The fraction of sp³-hybridized carbons (Fsp3) is 0.545. The van der Waals surface area contributed by atoms with Crippen LogP contribution < -0.4 is 5.73 Å². The van der Waals surface area contributed by atoms with Crippen molar-refractivity contribution in [2.75, 3.05) is 18.9 Å². The summed E-state index contributed by atoms with van der Waals surface area (Å²) >= 11 is 1.24. The van der Waals surface area contributed by atoms with Gasteiger partial charge in [0.05, 0.1) is 13.2 Å². The molecule has 1 aromatic rings. The Balaban J connectivity index is 2.76. The molecule has 1 heterocycles. The van der Waals surface area contributed by atoms with Gasteiger partial charge in [0.2, 0.25) is 0 Å². The van der Waals surface area contributed by atoms with E-state index in [1.807, 2.05) is 0 Å². The summed E-state index contributed by atoms with van der Waals surface area (Å²) in [7, 11) is 0. The molecule has 0 amide bonds. The summed E-state index contributed by atoms with van der Waals surface area (Å²) in [5.74, 6) is -2.12. The van der Waals surface area contributed by atoms with Gasteiger partial charge in [0.15, 0.2) is 11.0 Å². The SMILES string of the molecule is CCOC(=O)C(Cc1cnc(N)s1)C(=O)OCC. The molecule has 0 spiro atoms. The van der Waals surface area contributed by atoms with Crippen LogP contribution in [-0.4, -0.2) is 30.1 Å². The van der Waals surface area contributed by atoms with Crippen molar-refractivity contribution < 1.29 is 19.1 Å². The molecule has 7 heteroatoms. The van der Waals surface area contributed by atoms with Crippen molar-refractivity contribution >= 4 is 28.4 Å². The zero-order valence-electron chi connectivity index (χ0n) is 10.3. The molecule has 0 saturated heterocycles. The number of nitrogen functional groups attached to an aromatic ring is 1. The van der Waals surface area contributed by atoms with Gasteiger partial charge in [-0.2, -0.15) is 0 Å². The Morgan fingerprint density at radius 3 is 2.28 bits per heavy atom. The van der Waals surface area contributed by atoms with Gasteiger partial charge >= 0.3 is 11.9 Å². The molecule has 100 valence electrons. The Kier molecular flexibility index (Phi) is 5.57. The highest BCUT2D eigenvalue weighted by atomic mass is 32.1. The van der Waals surface area contributed by atoms with Crippen molar-refractivity contribution in [1.82, 2.24) is 4.98 Å². The molecule has 0 fully saturated rings. The van der Waals surface area contributed by atoms with Gasteiger partial charge in [0.1, 0.15) is 0 Å². The van der Waals surface area contributed by atoms with Crippen molar-refractivity contribution in [3.05, 3.63) is 11.1 Å². The van der Waals surface area contributed by atoms with Gasteiger partial charge in [0.25, 0.3) is 0 Å². The number of carbonyl (C=O) groups is 2. The van der Waals surface area contributed by atoms with Crippen LogP contribution in [0.5, 0.6) is 0 Å². The third kappa shape index (κ3) is 3.99. The van der Waals surface area contributed by atoms with Crippen molar-refractivity contribution in [3.8, 4) is 0 Å². The molecule has 2 N–H and O–H groups in total. The van der Waals surface area contributed by atoms with E-state index < -0.39 is 17.9 Å². The van der Waals surface area contributed by atoms with E-state index in [0.29, 0.717) is 5.13 Å². The smallest absolute Gasteiger partial charge is 0.320 e. The molecule has 1 aromatic heterocycles. The number of hydrogen-bond acceptors (Lipinski definition) is 7. The molecular formula is C11H16N2O4S. The number of carbonyl (C=O) groups excluding carboxylic acids is 2. The Labute approximate surface area is 109 Å². The third-order valence-electron chi connectivity index (χ3n) is 2.12. The fourth-order valence-electron chi connectivity index (χ4n) is 1.37. The standard InChI is InChI=1S/C11H16N2O4S/c1-3-16-9(14)8(10(15)17-4-2)5-7-6-13-11(12)18-7/h6,8H,3-5H2,1-2H3,(H2,12,13). The molecule has 0 saturated carbocycles. The fourth-order valence-corrected chi connectivity index (χ4v) is 2.10. The topological polar surface area (TPSA) is 91.5 Å². The highest BCUT2D eigenvalue weighted by molar-refractivity contribution is 7.15. The van der Waals surface area contributed by atoms with Crippen molar-refractivity contribution in [3.63, 3.8) is 0 Å². The largest absolute Gasteiger partial charge is 0.465 e. The van der Waals surface area contributed by atoms with Crippen LogP contribution in [-0.2, 0) is 25.5 Å². The molecule has 0 aliphatic rings. The minimum Gasteiger partial charge on any atom is -0.465 e. The molecular weight excluding hydrogens is 256 g/mol. The first-order valence-electron chi connectivity index (χ1n) is 5.61. The van der Waals surface area contributed by atoms with E-state index in [0.717, 1.165) is 4.88 Å².